The summed E-state index contributed by atoms with van der Waals surface area (Å²) in [6, 6.07) is 4.46. The molecule has 2 aromatic rings. The van der Waals surface area contributed by atoms with Gasteiger partial charge in [0.15, 0.2) is 0 Å². The van der Waals surface area contributed by atoms with Crippen LogP contribution in [-0.2, 0) is 4.79 Å². The lowest BCUT2D eigenvalue weighted by atomic mass is 9.95. The number of anilines is 1. The number of aromatic nitrogens is 3. The molecular weight excluding hydrogens is 428 g/mol. The van der Waals surface area contributed by atoms with Crippen molar-refractivity contribution in [2.45, 2.75) is 51.0 Å². The molecule has 3 heterocycles. The topological polar surface area (TPSA) is 106 Å². The molecule has 0 unspecified atom stereocenters. The molecule has 2 aromatic heterocycles. The Labute approximate surface area is 199 Å². The number of hydrogen-bond donors (Lipinski definition) is 1. The van der Waals surface area contributed by atoms with Gasteiger partial charge in [0.25, 0.3) is 0 Å². The van der Waals surface area contributed by atoms with Crippen molar-refractivity contribution in [3.05, 3.63) is 41.2 Å². The molecule has 8 nitrogen and oxygen atoms in total. The number of hydrogen-bond acceptors (Lipinski definition) is 7. The number of aliphatic hydroxyl groups excluding tert-OH is 1. The normalized spacial score (nSPS) is 20.2. The van der Waals surface area contributed by atoms with Crippen LogP contribution in [0.15, 0.2) is 18.8 Å². The summed E-state index contributed by atoms with van der Waals surface area (Å²) in [5, 5.41) is 28.0. The highest BCUT2D eigenvalue weighted by Gasteiger charge is 2.42. The minimum atomic E-state index is -0.127. The van der Waals surface area contributed by atoms with Gasteiger partial charge >= 0.3 is 0 Å². The lowest BCUT2D eigenvalue weighted by Crippen LogP contribution is -2.56. The fraction of sp³-hybridized carbons (Fsp3) is 0.500. The zero-order chi connectivity index (χ0) is 23.8. The molecule has 1 aliphatic heterocycles. The van der Waals surface area contributed by atoms with E-state index < -0.39 is 0 Å². The van der Waals surface area contributed by atoms with Crippen LogP contribution in [0, 0.1) is 24.2 Å². The monoisotopic (exact) mass is 458 g/mol. The second-order valence-electron chi connectivity index (χ2n) is 9.57. The van der Waals surface area contributed by atoms with Crippen molar-refractivity contribution in [2.75, 3.05) is 31.1 Å². The second kappa shape index (κ2) is 9.15. The van der Waals surface area contributed by atoms with E-state index >= 15 is 0 Å². The van der Waals surface area contributed by atoms with Gasteiger partial charge in [-0.2, -0.15) is 15.5 Å². The molecule has 176 valence electrons. The maximum absolute atomic E-state index is 12.6. The van der Waals surface area contributed by atoms with Crippen LogP contribution in [0.2, 0.25) is 0 Å². The van der Waals surface area contributed by atoms with Crippen molar-refractivity contribution >= 4 is 17.8 Å². The van der Waals surface area contributed by atoms with Crippen molar-refractivity contribution in [3.63, 3.8) is 0 Å². The van der Waals surface area contributed by atoms with Crippen molar-refractivity contribution < 1.29 is 9.90 Å². The minimum Gasteiger partial charge on any atom is -0.396 e. The summed E-state index contributed by atoms with van der Waals surface area (Å²) in [5.41, 5.74) is 4.95. The first-order valence-electron chi connectivity index (χ1n) is 12.1. The Morgan fingerprint density at radius 2 is 2.12 bits per heavy atom. The van der Waals surface area contributed by atoms with Gasteiger partial charge in [-0.05, 0) is 55.7 Å². The smallest absolute Gasteiger partial charge is 0.225 e. The summed E-state index contributed by atoms with van der Waals surface area (Å²) >= 11 is 0. The number of piperazine rings is 1. The standard InChI is InChI=1S/C26H30N6O2/c1-3-17-12-21(30-28-14-17)24-16(2)20(13-27)26(29-25(24)19-6-7-19)31-9-10-32(23(34)8-11-33)22(15-31)18-4-5-18/h3,12,14,18-19,22,33H,1,4-11,15H2,2H3/t22-/m0/s1. The number of pyridine rings is 1. The van der Waals surface area contributed by atoms with Crippen LogP contribution in [0.5, 0.6) is 0 Å². The van der Waals surface area contributed by atoms with E-state index in [4.69, 9.17) is 4.98 Å². The van der Waals surface area contributed by atoms with Gasteiger partial charge in [0.2, 0.25) is 5.91 Å². The van der Waals surface area contributed by atoms with Gasteiger partial charge in [-0.15, -0.1) is 0 Å². The Balaban J connectivity index is 1.54. The molecule has 1 saturated heterocycles. The van der Waals surface area contributed by atoms with E-state index in [1.807, 2.05) is 17.9 Å². The molecule has 0 bridgehead atoms. The lowest BCUT2D eigenvalue weighted by molar-refractivity contribution is -0.135. The van der Waals surface area contributed by atoms with Gasteiger partial charge < -0.3 is 14.9 Å². The number of carbonyl (C=O) groups excluding carboxylic acids is 1. The van der Waals surface area contributed by atoms with Gasteiger partial charge in [-0.1, -0.05) is 12.7 Å². The van der Waals surface area contributed by atoms with Crippen LogP contribution >= 0.6 is 0 Å². The molecule has 3 aliphatic rings. The number of carbonyl (C=O) groups is 1. The molecule has 0 aromatic carbocycles. The first kappa shape index (κ1) is 22.5. The summed E-state index contributed by atoms with van der Waals surface area (Å²) in [6.07, 6.45) is 7.96. The van der Waals surface area contributed by atoms with Crippen LogP contribution in [0.1, 0.15) is 60.4 Å². The molecule has 8 heteroatoms. The summed E-state index contributed by atoms with van der Waals surface area (Å²) < 4.78 is 0. The zero-order valence-electron chi connectivity index (χ0n) is 19.6. The van der Waals surface area contributed by atoms with Gasteiger partial charge in [-0.3, -0.25) is 4.79 Å². The summed E-state index contributed by atoms with van der Waals surface area (Å²) in [7, 11) is 0. The van der Waals surface area contributed by atoms with E-state index in [2.05, 4.69) is 27.7 Å². The van der Waals surface area contributed by atoms with Crippen molar-refractivity contribution in [1.29, 1.82) is 5.26 Å². The molecule has 2 aliphatic carbocycles. The van der Waals surface area contributed by atoms with E-state index in [9.17, 15) is 15.2 Å². The van der Waals surface area contributed by atoms with Crippen LogP contribution in [0.25, 0.3) is 17.3 Å². The Kier molecular flexibility index (Phi) is 6.05. The zero-order valence-corrected chi connectivity index (χ0v) is 19.6. The highest BCUT2D eigenvalue weighted by atomic mass is 16.3. The van der Waals surface area contributed by atoms with Crippen molar-refractivity contribution in [3.8, 4) is 17.3 Å². The predicted octanol–water partition coefficient (Wildman–Crippen LogP) is 3.05. The maximum atomic E-state index is 12.6. The number of amides is 1. The SMILES string of the molecule is C=Cc1cnnc(-c2c(C3CC3)nc(N3CCN(C(=O)CCO)[C@H](C4CC4)C3)c(C#N)c2C)c1. The lowest BCUT2D eigenvalue weighted by Gasteiger charge is -2.43. The van der Waals surface area contributed by atoms with Gasteiger partial charge in [0, 0.05) is 37.5 Å². The molecule has 1 amide bonds. The average molecular weight is 459 g/mol. The van der Waals surface area contributed by atoms with Crippen LogP contribution in [-0.4, -0.2) is 63.4 Å². The Hall–Kier alpha value is -3.31. The van der Waals surface area contributed by atoms with E-state index in [1.165, 1.54) is 0 Å². The predicted molar refractivity (Wildman–Crippen MR) is 129 cm³/mol. The molecular formula is C26H30N6O2. The molecule has 0 radical (unpaired) electrons. The second-order valence-corrected chi connectivity index (χ2v) is 9.57. The van der Waals surface area contributed by atoms with Crippen LogP contribution < -0.4 is 4.90 Å². The highest BCUT2D eigenvalue weighted by Crippen LogP contribution is 2.46. The Bertz CT molecular complexity index is 1160. The number of nitriles is 1. The van der Waals surface area contributed by atoms with Crippen molar-refractivity contribution in [1.82, 2.24) is 20.1 Å². The molecule has 34 heavy (non-hydrogen) atoms. The molecule has 5 rings (SSSR count). The first-order chi connectivity index (χ1) is 16.5. The first-order valence-corrected chi connectivity index (χ1v) is 12.1. The van der Waals surface area contributed by atoms with E-state index in [1.54, 1.807) is 12.3 Å². The number of nitrogens with zero attached hydrogens (tertiary/aromatic N) is 6. The number of aliphatic hydroxyl groups is 1. The fourth-order valence-corrected chi connectivity index (χ4v) is 5.10. The minimum absolute atomic E-state index is 0.0124. The van der Waals surface area contributed by atoms with Crippen LogP contribution in [0.3, 0.4) is 0 Å². The van der Waals surface area contributed by atoms with Gasteiger partial charge in [-0.25, -0.2) is 4.98 Å². The van der Waals surface area contributed by atoms with E-state index in [-0.39, 0.29) is 25.0 Å². The molecule has 2 saturated carbocycles. The van der Waals surface area contributed by atoms with Crippen LogP contribution in [0.4, 0.5) is 5.82 Å². The molecule has 3 fully saturated rings. The largest absolute Gasteiger partial charge is 0.396 e. The van der Waals surface area contributed by atoms with E-state index in [0.29, 0.717) is 37.0 Å². The average Bonchev–Trinajstić information content (AvgIpc) is 3.77. The molecule has 0 spiro atoms. The quantitative estimate of drug-likeness (QED) is 0.680. The summed E-state index contributed by atoms with van der Waals surface area (Å²) in [6.45, 7) is 7.56. The fourth-order valence-electron chi connectivity index (χ4n) is 5.10. The Morgan fingerprint density at radius 1 is 1.32 bits per heavy atom. The molecule has 1 N–H and O–H groups in total. The third kappa shape index (κ3) is 4.16. The van der Waals surface area contributed by atoms with Crippen molar-refractivity contribution in [2.24, 2.45) is 5.92 Å². The Morgan fingerprint density at radius 3 is 2.76 bits per heavy atom. The number of rotatable bonds is 7. The van der Waals surface area contributed by atoms with Gasteiger partial charge in [0.1, 0.15) is 11.9 Å². The summed E-state index contributed by atoms with van der Waals surface area (Å²) in [4.78, 5) is 21.9. The molecule has 1 atom stereocenters. The van der Waals surface area contributed by atoms with Gasteiger partial charge in [0.05, 0.1) is 35.8 Å². The third-order valence-electron chi connectivity index (χ3n) is 7.23. The van der Waals surface area contributed by atoms with E-state index in [0.717, 1.165) is 59.6 Å². The third-order valence-corrected chi connectivity index (χ3v) is 7.23. The highest BCUT2D eigenvalue weighted by molar-refractivity contribution is 5.78. The maximum Gasteiger partial charge on any atom is 0.225 e. The summed E-state index contributed by atoms with van der Waals surface area (Å²) in [5.74, 6) is 1.58.